The molecule has 0 aromatic heterocycles. The van der Waals surface area contributed by atoms with Gasteiger partial charge in [-0.1, -0.05) is 38.0 Å². The van der Waals surface area contributed by atoms with E-state index < -0.39 is 0 Å². The Morgan fingerprint density at radius 1 is 1.10 bits per heavy atom. The molecule has 0 bridgehead atoms. The summed E-state index contributed by atoms with van der Waals surface area (Å²) in [6.45, 7) is 6.90. The van der Waals surface area contributed by atoms with Crippen LogP contribution in [0.15, 0.2) is 36.4 Å². The van der Waals surface area contributed by atoms with Crippen LogP contribution >= 0.6 is 37.4 Å². The summed E-state index contributed by atoms with van der Waals surface area (Å²) < 4.78 is 0. The number of carbonyl (C=O) groups excluding carboxylic acids is 1. The van der Waals surface area contributed by atoms with E-state index in [1.807, 2.05) is 44.2 Å². The van der Waals surface area contributed by atoms with Gasteiger partial charge in [-0.05, 0) is 61.6 Å². The minimum absolute atomic E-state index is 0. The maximum atomic E-state index is 12.8. The van der Waals surface area contributed by atoms with Gasteiger partial charge < -0.3 is 16.4 Å². The Hall–Kier alpha value is -1.40. The predicted octanol–water partition coefficient (Wildman–Crippen LogP) is 5.80. The normalized spacial score (nSPS) is 11.1. The van der Waals surface area contributed by atoms with Crippen molar-refractivity contribution in [3.05, 3.63) is 58.7 Å². The molecule has 0 aliphatic rings. The lowest BCUT2D eigenvalue weighted by Gasteiger charge is -2.17. The van der Waals surface area contributed by atoms with Gasteiger partial charge in [0.15, 0.2) is 0 Å². The number of rotatable bonds is 10. The molecule has 0 spiro atoms. The fraction of sp³-hybridized carbons (Fsp3) is 0.435. The fourth-order valence-electron chi connectivity index (χ4n) is 3.05. The summed E-state index contributed by atoms with van der Waals surface area (Å²) in [4.78, 5) is 12.8. The molecular formula is C23H35Cl2N3OS. The Labute approximate surface area is 199 Å². The van der Waals surface area contributed by atoms with E-state index in [-0.39, 0.29) is 36.8 Å². The van der Waals surface area contributed by atoms with E-state index in [2.05, 4.69) is 36.3 Å². The van der Waals surface area contributed by atoms with E-state index in [0.29, 0.717) is 17.9 Å². The lowest BCUT2D eigenvalue weighted by molar-refractivity contribution is 0.102. The summed E-state index contributed by atoms with van der Waals surface area (Å²) in [7, 11) is 0. The number of nitrogens with two attached hydrogens (primary N) is 1. The molecule has 7 heteroatoms. The van der Waals surface area contributed by atoms with Gasteiger partial charge in [-0.25, -0.2) is 0 Å². The largest absolute Gasteiger partial charge is 0.383 e. The molecule has 0 saturated carbocycles. The first-order valence-electron chi connectivity index (χ1n) is 10.1. The summed E-state index contributed by atoms with van der Waals surface area (Å²) >= 11 is 4.25. The molecule has 0 heterocycles. The second-order valence-electron chi connectivity index (χ2n) is 7.35. The number of carbonyl (C=O) groups is 1. The van der Waals surface area contributed by atoms with E-state index in [1.54, 1.807) is 0 Å². The zero-order valence-corrected chi connectivity index (χ0v) is 20.6. The van der Waals surface area contributed by atoms with Crippen LogP contribution in [0.4, 0.5) is 11.4 Å². The smallest absolute Gasteiger partial charge is 0.255 e. The van der Waals surface area contributed by atoms with Gasteiger partial charge in [-0.15, -0.1) is 24.8 Å². The zero-order valence-electron chi connectivity index (χ0n) is 18.0. The molecule has 2 aromatic carbocycles. The maximum absolute atomic E-state index is 12.8. The van der Waals surface area contributed by atoms with Crippen molar-refractivity contribution in [2.75, 3.05) is 22.9 Å². The van der Waals surface area contributed by atoms with Gasteiger partial charge >= 0.3 is 0 Å². The van der Waals surface area contributed by atoms with E-state index in [4.69, 9.17) is 5.73 Å². The van der Waals surface area contributed by atoms with Crippen molar-refractivity contribution in [3.63, 3.8) is 0 Å². The number of amides is 1. The number of hydrogen-bond acceptors (Lipinski definition) is 4. The average Bonchev–Trinajstić information content (AvgIpc) is 2.70. The molecule has 1 amide bonds. The van der Waals surface area contributed by atoms with Gasteiger partial charge in [0.05, 0.1) is 0 Å². The van der Waals surface area contributed by atoms with Gasteiger partial charge in [0.2, 0.25) is 0 Å². The number of unbranched alkanes of at least 4 members (excludes halogenated alkanes) is 2. The molecule has 4 N–H and O–H groups in total. The second-order valence-corrected chi connectivity index (χ2v) is 7.72. The van der Waals surface area contributed by atoms with E-state index in [9.17, 15) is 4.79 Å². The SMILES string of the molecule is CCCCCc1ccc(C(=O)Nc2cccc(C)c2C)cc1NCC(N)CS.Cl.Cl. The number of thiol groups is 1. The molecule has 4 nitrogen and oxygen atoms in total. The first-order valence-corrected chi connectivity index (χ1v) is 10.7. The summed E-state index contributed by atoms with van der Waals surface area (Å²) in [5.74, 6) is 0.515. The summed E-state index contributed by atoms with van der Waals surface area (Å²) in [5, 5.41) is 6.46. The van der Waals surface area contributed by atoms with E-state index >= 15 is 0 Å². The van der Waals surface area contributed by atoms with Crippen LogP contribution in [-0.4, -0.2) is 24.2 Å². The first-order chi connectivity index (χ1) is 13.5. The molecule has 2 aromatic rings. The third-order valence-electron chi connectivity index (χ3n) is 5.06. The van der Waals surface area contributed by atoms with Crippen LogP contribution in [0.3, 0.4) is 0 Å². The van der Waals surface area contributed by atoms with Crippen LogP contribution in [0.25, 0.3) is 0 Å². The number of aryl methyl sites for hydroxylation is 2. The highest BCUT2D eigenvalue weighted by Gasteiger charge is 2.12. The van der Waals surface area contributed by atoms with Gasteiger partial charge in [0.25, 0.3) is 5.91 Å². The average molecular weight is 473 g/mol. The van der Waals surface area contributed by atoms with Crippen molar-refractivity contribution in [1.29, 1.82) is 0 Å². The lowest BCUT2D eigenvalue weighted by Crippen LogP contribution is -2.31. The quantitative estimate of drug-likeness (QED) is 0.261. The highest BCUT2D eigenvalue weighted by molar-refractivity contribution is 7.80. The molecule has 0 fully saturated rings. The Balaban J connectivity index is 0.00000420. The van der Waals surface area contributed by atoms with Crippen molar-refractivity contribution >= 4 is 54.7 Å². The zero-order chi connectivity index (χ0) is 20.5. The van der Waals surface area contributed by atoms with E-state index in [1.165, 1.54) is 18.4 Å². The molecule has 0 aliphatic heterocycles. The molecule has 1 unspecified atom stereocenters. The monoisotopic (exact) mass is 471 g/mol. The van der Waals surface area contributed by atoms with Crippen molar-refractivity contribution < 1.29 is 4.79 Å². The number of halogens is 2. The number of nitrogens with one attached hydrogen (secondary N) is 2. The standard InChI is InChI=1S/C23H33N3OS.2ClH/c1-4-5-6-9-18-11-12-19(13-22(18)25-14-20(24)15-28)23(27)26-21-10-7-8-16(2)17(21)3;;/h7-8,10-13,20,25,28H,4-6,9,14-15,24H2,1-3H3,(H,26,27);2*1H. The number of hydrogen-bond donors (Lipinski definition) is 4. The van der Waals surface area contributed by atoms with Crippen molar-refractivity contribution in [1.82, 2.24) is 0 Å². The second kappa shape index (κ2) is 14.6. The molecule has 168 valence electrons. The molecular weight excluding hydrogens is 437 g/mol. The minimum Gasteiger partial charge on any atom is -0.383 e. The summed E-state index contributed by atoms with van der Waals surface area (Å²) in [6.07, 6.45) is 4.51. The van der Waals surface area contributed by atoms with Crippen molar-refractivity contribution in [3.8, 4) is 0 Å². The van der Waals surface area contributed by atoms with Crippen LogP contribution < -0.4 is 16.4 Å². The van der Waals surface area contributed by atoms with Crippen LogP contribution in [-0.2, 0) is 6.42 Å². The number of anilines is 2. The first kappa shape index (κ1) is 28.6. The van der Waals surface area contributed by atoms with Crippen LogP contribution in [0.1, 0.15) is 53.2 Å². The minimum atomic E-state index is -0.102. The summed E-state index contributed by atoms with van der Waals surface area (Å²) in [6, 6.07) is 11.8. The molecule has 0 aliphatic carbocycles. The topological polar surface area (TPSA) is 67.2 Å². The highest BCUT2D eigenvalue weighted by Crippen LogP contribution is 2.23. The van der Waals surface area contributed by atoms with Gasteiger partial charge in [0.1, 0.15) is 0 Å². The Kier molecular flexibility index (Phi) is 13.9. The van der Waals surface area contributed by atoms with Gasteiger partial charge in [-0.2, -0.15) is 12.6 Å². The lowest BCUT2D eigenvalue weighted by atomic mass is 10.0. The van der Waals surface area contributed by atoms with Crippen molar-refractivity contribution in [2.45, 2.75) is 52.5 Å². The molecule has 0 saturated heterocycles. The Morgan fingerprint density at radius 2 is 1.83 bits per heavy atom. The predicted molar refractivity (Wildman–Crippen MR) is 138 cm³/mol. The molecule has 0 radical (unpaired) electrons. The van der Waals surface area contributed by atoms with Crippen LogP contribution in [0.2, 0.25) is 0 Å². The Morgan fingerprint density at radius 3 is 2.50 bits per heavy atom. The van der Waals surface area contributed by atoms with Gasteiger partial charge in [0, 0.05) is 35.3 Å². The maximum Gasteiger partial charge on any atom is 0.255 e. The van der Waals surface area contributed by atoms with Crippen molar-refractivity contribution in [2.24, 2.45) is 5.73 Å². The number of benzene rings is 2. The third kappa shape index (κ3) is 8.38. The summed E-state index contributed by atoms with van der Waals surface area (Å²) in [5.41, 5.74) is 12.0. The van der Waals surface area contributed by atoms with Crippen LogP contribution in [0, 0.1) is 13.8 Å². The van der Waals surface area contributed by atoms with Gasteiger partial charge in [-0.3, -0.25) is 4.79 Å². The highest BCUT2D eigenvalue weighted by atomic mass is 35.5. The van der Waals surface area contributed by atoms with Crippen LogP contribution in [0.5, 0.6) is 0 Å². The molecule has 1 atom stereocenters. The molecule has 2 rings (SSSR count). The third-order valence-corrected chi connectivity index (χ3v) is 5.53. The fourth-order valence-corrected chi connectivity index (χ4v) is 3.18. The molecule has 30 heavy (non-hydrogen) atoms. The Bertz CT molecular complexity index is 802. The van der Waals surface area contributed by atoms with E-state index in [0.717, 1.165) is 35.3 Å².